The quantitative estimate of drug-likeness (QED) is 0.211. The number of aryl methyl sites for hydroxylation is 1. The number of ether oxygens (including phenoxy) is 6. The first kappa shape index (κ1) is 35.0. The molecule has 1 amide bonds. The molecule has 5 unspecified atom stereocenters. The summed E-state index contributed by atoms with van der Waals surface area (Å²) in [7, 11) is -4.07. The van der Waals surface area contributed by atoms with Crippen LogP contribution in [0, 0.1) is 11.8 Å². The second-order valence-corrected chi connectivity index (χ2v) is 14.8. The summed E-state index contributed by atoms with van der Waals surface area (Å²) in [5, 5.41) is 18.7. The number of sulfonamides is 1. The van der Waals surface area contributed by atoms with Crippen molar-refractivity contribution in [1.82, 2.24) is 19.4 Å². The molecule has 15 heteroatoms. The summed E-state index contributed by atoms with van der Waals surface area (Å²) in [4.78, 5) is 13.3. The number of nitrogens with one attached hydrogen (secondary N) is 1. The summed E-state index contributed by atoms with van der Waals surface area (Å²) in [5.41, 5.74) is 0.802. The lowest BCUT2D eigenvalue weighted by atomic mass is 10.0. The molecule has 6 rings (SSSR count). The highest BCUT2D eigenvalue weighted by Crippen LogP contribution is 2.35. The van der Waals surface area contributed by atoms with Gasteiger partial charge in [0.25, 0.3) is 0 Å². The van der Waals surface area contributed by atoms with Gasteiger partial charge in [-0.25, -0.2) is 13.2 Å². The monoisotopic (exact) mass is 700 g/mol. The van der Waals surface area contributed by atoms with Crippen molar-refractivity contribution in [2.75, 3.05) is 39.7 Å². The summed E-state index contributed by atoms with van der Waals surface area (Å²) < 4.78 is 64.5. The summed E-state index contributed by atoms with van der Waals surface area (Å²) in [6.07, 6.45) is 2.44. The van der Waals surface area contributed by atoms with Crippen molar-refractivity contribution in [3.05, 3.63) is 66.5 Å². The number of benzene rings is 2. The molecule has 2 fully saturated rings. The van der Waals surface area contributed by atoms with Gasteiger partial charge in [0.05, 0.1) is 42.8 Å². The van der Waals surface area contributed by atoms with Gasteiger partial charge in [0, 0.05) is 44.5 Å². The van der Waals surface area contributed by atoms with Crippen LogP contribution in [-0.2, 0) is 37.2 Å². The second-order valence-electron chi connectivity index (χ2n) is 12.8. The number of carbonyl (C=O) groups is 1. The molecule has 3 aromatic rings. The van der Waals surface area contributed by atoms with Gasteiger partial charge in [-0.15, -0.1) is 0 Å². The normalized spacial score (nSPS) is 21.1. The van der Waals surface area contributed by atoms with E-state index in [1.807, 2.05) is 55.1 Å². The van der Waals surface area contributed by atoms with Crippen molar-refractivity contribution in [3.63, 3.8) is 0 Å². The van der Waals surface area contributed by atoms with Gasteiger partial charge < -0.3 is 38.8 Å². The summed E-state index contributed by atoms with van der Waals surface area (Å²) in [6.45, 7) is 5.67. The van der Waals surface area contributed by atoms with Crippen molar-refractivity contribution >= 4 is 16.1 Å². The van der Waals surface area contributed by atoms with Crippen LogP contribution in [-0.4, -0.2) is 97.9 Å². The van der Waals surface area contributed by atoms with E-state index in [-0.39, 0.29) is 49.6 Å². The number of hydrogen-bond donors (Lipinski definition) is 2. The number of amides is 1. The van der Waals surface area contributed by atoms with Crippen molar-refractivity contribution < 1.29 is 46.7 Å². The molecule has 3 aliphatic heterocycles. The molecule has 2 saturated heterocycles. The molecule has 2 aromatic carbocycles. The van der Waals surface area contributed by atoms with E-state index in [1.165, 1.54) is 16.4 Å². The molecule has 0 saturated carbocycles. The number of nitrogens with zero attached hydrogens (tertiary/aromatic N) is 3. The van der Waals surface area contributed by atoms with Crippen LogP contribution < -0.4 is 19.5 Å². The van der Waals surface area contributed by atoms with Crippen molar-refractivity contribution in [2.45, 2.75) is 69.1 Å². The van der Waals surface area contributed by atoms with Gasteiger partial charge in [-0.3, -0.25) is 4.68 Å². The van der Waals surface area contributed by atoms with Crippen LogP contribution in [0.15, 0.2) is 65.8 Å². The maximum Gasteiger partial charge on any atom is 0.407 e. The average Bonchev–Trinajstić information content (AvgIpc) is 3.90. The van der Waals surface area contributed by atoms with E-state index in [1.54, 1.807) is 12.3 Å². The fraction of sp³-hybridized carbons (Fsp3) is 0.529. The molecule has 4 heterocycles. The summed E-state index contributed by atoms with van der Waals surface area (Å²) in [6, 6.07) is 12.8. The molecule has 5 atom stereocenters. The molecule has 266 valence electrons. The minimum Gasteiger partial charge on any atom is -0.494 e. The highest BCUT2D eigenvalue weighted by Gasteiger charge is 2.44. The van der Waals surface area contributed by atoms with Gasteiger partial charge in [-0.2, -0.15) is 9.40 Å². The number of aliphatic hydroxyl groups excluding tert-OH is 1. The number of carbonyl (C=O) groups excluding carboxylic acids is 1. The molecule has 14 nitrogen and oxygen atoms in total. The molecule has 0 aliphatic carbocycles. The molecule has 3 aliphatic rings. The molecule has 0 radical (unpaired) electrons. The number of rotatable bonds is 16. The van der Waals surface area contributed by atoms with Gasteiger partial charge in [0.1, 0.15) is 11.9 Å². The van der Waals surface area contributed by atoms with E-state index in [0.717, 1.165) is 18.5 Å². The van der Waals surface area contributed by atoms with Gasteiger partial charge in [0.2, 0.25) is 16.8 Å². The molecule has 49 heavy (non-hydrogen) atoms. The fourth-order valence-electron chi connectivity index (χ4n) is 6.18. The van der Waals surface area contributed by atoms with Gasteiger partial charge >= 0.3 is 6.09 Å². The third kappa shape index (κ3) is 8.83. The Morgan fingerprint density at radius 1 is 1.12 bits per heavy atom. The Bertz CT molecular complexity index is 1640. The smallest absolute Gasteiger partial charge is 0.407 e. The zero-order chi connectivity index (χ0) is 34.4. The van der Waals surface area contributed by atoms with E-state index in [9.17, 15) is 18.3 Å². The van der Waals surface area contributed by atoms with Crippen LogP contribution >= 0.6 is 0 Å². The minimum absolute atomic E-state index is 0.0112. The highest BCUT2D eigenvalue weighted by molar-refractivity contribution is 7.89. The predicted octanol–water partition coefficient (Wildman–Crippen LogP) is 3.19. The maximum absolute atomic E-state index is 13.9. The Hall–Kier alpha value is -3.89. The van der Waals surface area contributed by atoms with Gasteiger partial charge in [-0.05, 0) is 54.7 Å². The van der Waals surface area contributed by atoms with Crippen LogP contribution in [0.25, 0.3) is 0 Å². The lowest BCUT2D eigenvalue weighted by Crippen LogP contribution is -2.51. The van der Waals surface area contributed by atoms with Crippen molar-refractivity contribution in [1.29, 1.82) is 0 Å². The number of fused-ring (bicyclic) bond motifs is 2. The molecule has 2 N–H and O–H groups in total. The Labute approximate surface area is 286 Å². The number of alkyl carbamates (subject to hydrolysis) is 1. The Kier molecular flexibility index (Phi) is 11.2. The van der Waals surface area contributed by atoms with Crippen molar-refractivity contribution in [3.8, 4) is 17.2 Å². The van der Waals surface area contributed by atoms with E-state index >= 15 is 0 Å². The molecule has 1 aromatic heterocycles. The predicted molar refractivity (Wildman–Crippen MR) is 176 cm³/mol. The first-order chi connectivity index (χ1) is 23.7. The summed E-state index contributed by atoms with van der Waals surface area (Å²) >= 11 is 0. The Morgan fingerprint density at radius 3 is 2.71 bits per heavy atom. The molecular weight excluding hydrogens is 656 g/mol. The zero-order valence-corrected chi connectivity index (χ0v) is 28.5. The third-order valence-corrected chi connectivity index (χ3v) is 10.5. The molecule has 0 bridgehead atoms. The molecular formula is C34H44N4O10S. The zero-order valence-electron chi connectivity index (χ0n) is 27.7. The lowest BCUT2D eigenvalue weighted by Gasteiger charge is -2.31. The second kappa shape index (κ2) is 15.8. The first-order valence-electron chi connectivity index (χ1n) is 16.6. The first-order valence-corrected chi connectivity index (χ1v) is 18.1. The van der Waals surface area contributed by atoms with Gasteiger partial charge in [0.15, 0.2) is 17.8 Å². The largest absolute Gasteiger partial charge is 0.494 e. The van der Waals surface area contributed by atoms with E-state index < -0.39 is 40.7 Å². The number of hydrogen-bond acceptors (Lipinski definition) is 11. The number of aromatic nitrogens is 2. The van der Waals surface area contributed by atoms with Crippen LogP contribution in [0.2, 0.25) is 0 Å². The van der Waals surface area contributed by atoms with Gasteiger partial charge in [-0.1, -0.05) is 26.0 Å². The summed E-state index contributed by atoms with van der Waals surface area (Å²) in [5.74, 6) is 1.37. The average molecular weight is 701 g/mol. The van der Waals surface area contributed by atoms with E-state index in [2.05, 4.69) is 10.4 Å². The van der Waals surface area contributed by atoms with Crippen LogP contribution in [0.5, 0.6) is 17.2 Å². The molecule has 0 spiro atoms. The lowest BCUT2D eigenvalue weighted by molar-refractivity contribution is -0.0907. The third-order valence-electron chi connectivity index (χ3n) is 8.69. The Balaban J connectivity index is 1.15. The van der Waals surface area contributed by atoms with Crippen LogP contribution in [0.3, 0.4) is 0 Å². The topological polar surface area (TPSA) is 160 Å². The van der Waals surface area contributed by atoms with Crippen molar-refractivity contribution in [2.24, 2.45) is 11.8 Å². The van der Waals surface area contributed by atoms with Crippen LogP contribution in [0.1, 0.15) is 32.3 Å². The fourth-order valence-corrected chi connectivity index (χ4v) is 7.82. The SMILES string of the molecule is CC(C)CN(CC(O)C(Cc1ccc(OCCCn2cccn2)cc1)NC(=O)OC1COC2OCCC12)S(=O)(=O)c1ccc2c(c1)OCO2. The Morgan fingerprint density at radius 2 is 1.94 bits per heavy atom. The van der Waals surface area contributed by atoms with Crippen LogP contribution in [0.4, 0.5) is 4.79 Å². The minimum atomic E-state index is -4.07. The highest BCUT2D eigenvalue weighted by atomic mass is 32.2. The standard InChI is InChI=1S/C34H44N4O10S/c1-23(2)19-38(49(41,42)26-9-10-30-31(18-26)47-22-46-30)20-29(39)28(36-34(40)48-32-21-45-33-27(32)11-16-44-33)17-24-5-7-25(8-6-24)43-15-4-14-37-13-3-12-35-37/h3,5-10,12-13,18,23,27-29,32-33,39H,4,11,14-17,19-22H2,1-2H3,(H,36,40). The number of aliphatic hydroxyl groups is 1. The van der Waals surface area contributed by atoms with E-state index in [0.29, 0.717) is 36.9 Å². The maximum atomic E-state index is 13.9. The van der Waals surface area contributed by atoms with E-state index in [4.69, 9.17) is 28.4 Å².